The van der Waals surface area contributed by atoms with Crippen LogP contribution in [0.3, 0.4) is 0 Å². The molecule has 0 atom stereocenters. The Morgan fingerprint density at radius 2 is 1.54 bits per heavy atom. The summed E-state index contributed by atoms with van der Waals surface area (Å²) < 4.78 is 24.1. The van der Waals surface area contributed by atoms with Gasteiger partial charge in [-0.1, -0.05) is 30.3 Å². The number of aryl methyl sites for hydroxylation is 3. The Morgan fingerprint density at radius 3 is 2.19 bits per heavy atom. The van der Waals surface area contributed by atoms with E-state index in [-0.39, 0.29) is 11.0 Å². The van der Waals surface area contributed by atoms with Crippen LogP contribution in [-0.2, 0) is 41.3 Å². The van der Waals surface area contributed by atoms with Gasteiger partial charge in [0.1, 0.15) is 0 Å². The molecule has 0 saturated heterocycles. The molecule has 0 aliphatic heterocycles. The lowest BCUT2D eigenvalue weighted by atomic mass is 9.91. The molecule has 2 aromatic rings. The Kier molecular flexibility index (Phi) is 5.57. The van der Waals surface area contributed by atoms with E-state index in [0.29, 0.717) is 0 Å². The van der Waals surface area contributed by atoms with Gasteiger partial charge in [0.05, 0.1) is 11.0 Å². The van der Waals surface area contributed by atoms with Crippen molar-refractivity contribution in [2.24, 2.45) is 0 Å². The predicted octanol–water partition coefficient (Wildman–Crippen LogP) is 4.90. The van der Waals surface area contributed by atoms with E-state index in [0.717, 1.165) is 18.4 Å². The minimum absolute atomic E-state index is 0.133. The maximum absolute atomic E-state index is 12.1. The standard InChI is InChI=1S/C23H30O2S/c1-16(2)26(24,25)15-20-10-8-19(9-11-20)12-13-21-14-17(3)22-6-5-7-23(22)18(21)4/h8-11,14,16H,5-7,12-13,15H2,1-4H3. The van der Waals surface area contributed by atoms with Crippen LogP contribution in [0.2, 0.25) is 0 Å². The molecule has 2 nitrogen and oxygen atoms in total. The van der Waals surface area contributed by atoms with E-state index in [9.17, 15) is 8.42 Å². The van der Waals surface area contributed by atoms with E-state index in [1.165, 1.54) is 41.5 Å². The first-order valence-corrected chi connectivity index (χ1v) is 11.4. The summed E-state index contributed by atoms with van der Waals surface area (Å²) in [5, 5.41) is -0.326. The number of fused-ring (bicyclic) bond motifs is 1. The second-order valence-corrected chi connectivity index (χ2v) is 10.5. The average Bonchev–Trinajstić information content (AvgIpc) is 3.08. The third-order valence-corrected chi connectivity index (χ3v) is 7.98. The lowest BCUT2D eigenvalue weighted by Gasteiger charge is -2.14. The Hall–Kier alpha value is -1.61. The van der Waals surface area contributed by atoms with Crippen molar-refractivity contribution in [2.75, 3.05) is 0 Å². The lowest BCUT2D eigenvalue weighted by molar-refractivity contribution is 0.586. The van der Waals surface area contributed by atoms with Crippen molar-refractivity contribution in [3.63, 3.8) is 0 Å². The molecule has 1 aliphatic carbocycles. The summed E-state index contributed by atoms with van der Waals surface area (Å²) in [4.78, 5) is 0. The van der Waals surface area contributed by atoms with Crippen molar-refractivity contribution in [1.29, 1.82) is 0 Å². The second kappa shape index (κ2) is 7.56. The quantitative estimate of drug-likeness (QED) is 0.725. The van der Waals surface area contributed by atoms with E-state index in [1.807, 2.05) is 12.1 Å². The van der Waals surface area contributed by atoms with Gasteiger partial charge in [0.2, 0.25) is 0 Å². The maximum atomic E-state index is 12.1. The maximum Gasteiger partial charge on any atom is 0.156 e. The molecule has 0 heterocycles. The number of sulfone groups is 1. The van der Waals surface area contributed by atoms with E-state index in [1.54, 1.807) is 25.0 Å². The molecule has 140 valence electrons. The molecule has 1 aliphatic rings. The fourth-order valence-electron chi connectivity index (χ4n) is 3.98. The number of benzene rings is 2. The van der Waals surface area contributed by atoms with Crippen molar-refractivity contribution >= 4 is 9.84 Å². The van der Waals surface area contributed by atoms with E-state index < -0.39 is 9.84 Å². The highest BCUT2D eigenvalue weighted by Crippen LogP contribution is 2.31. The van der Waals surface area contributed by atoms with Gasteiger partial charge in [-0.2, -0.15) is 0 Å². The highest BCUT2D eigenvalue weighted by Gasteiger charge is 2.18. The van der Waals surface area contributed by atoms with Crippen molar-refractivity contribution < 1.29 is 8.42 Å². The lowest BCUT2D eigenvalue weighted by Crippen LogP contribution is -2.15. The molecule has 2 aromatic carbocycles. The molecule has 3 heteroatoms. The van der Waals surface area contributed by atoms with Crippen molar-refractivity contribution in [2.45, 2.75) is 70.8 Å². The van der Waals surface area contributed by atoms with Crippen LogP contribution in [0.25, 0.3) is 0 Å². The third-order valence-electron chi connectivity index (χ3n) is 5.81. The summed E-state index contributed by atoms with van der Waals surface area (Å²) >= 11 is 0. The van der Waals surface area contributed by atoms with Crippen LogP contribution in [0.15, 0.2) is 30.3 Å². The summed E-state index contributed by atoms with van der Waals surface area (Å²) in [5.74, 6) is 0.133. The molecular weight excluding hydrogens is 340 g/mol. The van der Waals surface area contributed by atoms with Gasteiger partial charge in [-0.3, -0.25) is 0 Å². The van der Waals surface area contributed by atoms with Gasteiger partial charge in [0.15, 0.2) is 9.84 Å². The third kappa shape index (κ3) is 4.03. The van der Waals surface area contributed by atoms with Crippen molar-refractivity contribution in [3.8, 4) is 0 Å². The van der Waals surface area contributed by atoms with Crippen molar-refractivity contribution in [1.82, 2.24) is 0 Å². The normalized spacial score (nSPS) is 14.0. The SMILES string of the molecule is Cc1cc(CCc2ccc(CS(=O)(=O)C(C)C)cc2)c(C)c2c1CCC2. The Labute approximate surface area is 158 Å². The Balaban J connectivity index is 1.69. The van der Waals surface area contributed by atoms with Crippen molar-refractivity contribution in [3.05, 3.63) is 69.3 Å². The molecule has 0 unspecified atom stereocenters. The van der Waals surface area contributed by atoms with E-state index >= 15 is 0 Å². The minimum atomic E-state index is -3.04. The van der Waals surface area contributed by atoms with Crippen LogP contribution in [0.1, 0.15) is 59.2 Å². The van der Waals surface area contributed by atoms with Crippen LogP contribution >= 0.6 is 0 Å². The van der Waals surface area contributed by atoms with Crippen LogP contribution in [0.4, 0.5) is 0 Å². The van der Waals surface area contributed by atoms with E-state index in [2.05, 4.69) is 32.0 Å². The van der Waals surface area contributed by atoms with Gasteiger partial charge in [-0.15, -0.1) is 0 Å². The first kappa shape index (κ1) is 19.2. The number of rotatable bonds is 6. The highest BCUT2D eigenvalue weighted by atomic mass is 32.2. The van der Waals surface area contributed by atoms with Crippen LogP contribution < -0.4 is 0 Å². The monoisotopic (exact) mass is 370 g/mol. The van der Waals surface area contributed by atoms with Gasteiger partial charge >= 0.3 is 0 Å². The first-order chi connectivity index (χ1) is 12.3. The predicted molar refractivity (Wildman–Crippen MR) is 110 cm³/mol. The Bertz CT molecular complexity index is 891. The van der Waals surface area contributed by atoms with Crippen LogP contribution in [0, 0.1) is 13.8 Å². The molecule has 0 spiro atoms. The molecule has 0 fully saturated rings. The molecule has 3 rings (SSSR count). The van der Waals surface area contributed by atoms with Gasteiger partial charge in [-0.05, 0) is 98.7 Å². The average molecular weight is 371 g/mol. The zero-order chi connectivity index (χ0) is 18.9. The van der Waals surface area contributed by atoms with Gasteiger partial charge in [0, 0.05) is 0 Å². The molecule has 0 bridgehead atoms. The molecule has 0 amide bonds. The fraction of sp³-hybridized carbons (Fsp3) is 0.478. The summed E-state index contributed by atoms with van der Waals surface area (Å²) in [5.41, 5.74) is 9.74. The molecule has 0 aromatic heterocycles. The van der Waals surface area contributed by atoms with Gasteiger partial charge < -0.3 is 0 Å². The molecule has 26 heavy (non-hydrogen) atoms. The van der Waals surface area contributed by atoms with Crippen LogP contribution in [-0.4, -0.2) is 13.7 Å². The summed E-state index contributed by atoms with van der Waals surface area (Å²) in [6.45, 7) is 8.01. The number of hydrogen-bond donors (Lipinski definition) is 0. The number of hydrogen-bond acceptors (Lipinski definition) is 2. The zero-order valence-corrected chi connectivity index (χ0v) is 17.2. The van der Waals surface area contributed by atoms with Gasteiger partial charge in [-0.25, -0.2) is 8.42 Å². The largest absolute Gasteiger partial charge is 0.228 e. The molecule has 0 saturated carbocycles. The summed E-state index contributed by atoms with van der Waals surface area (Å²) in [6, 6.07) is 10.5. The van der Waals surface area contributed by atoms with E-state index in [4.69, 9.17) is 0 Å². The van der Waals surface area contributed by atoms with Crippen LogP contribution in [0.5, 0.6) is 0 Å². The topological polar surface area (TPSA) is 34.1 Å². The second-order valence-electron chi connectivity index (χ2n) is 7.96. The van der Waals surface area contributed by atoms with Gasteiger partial charge in [0.25, 0.3) is 0 Å². The highest BCUT2D eigenvalue weighted by molar-refractivity contribution is 7.91. The Morgan fingerprint density at radius 1 is 0.923 bits per heavy atom. The smallest absolute Gasteiger partial charge is 0.156 e. The molecular formula is C23H30O2S. The fourth-order valence-corrected chi connectivity index (χ4v) is 4.97. The first-order valence-electron chi connectivity index (χ1n) is 9.68. The molecule has 0 N–H and O–H groups in total. The summed E-state index contributed by atoms with van der Waals surface area (Å²) in [6.07, 6.45) is 5.80. The molecule has 0 radical (unpaired) electrons. The summed E-state index contributed by atoms with van der Waals surface area (Å²) in [7, 11) is -3.04. The minimum Gasteiger partial charge on any atom is -0.228 e. The zero-order valence-electron chi connectivity index (χ0n) is 16.4.